The second-order valence-corrected chi connectivity index (χ2v) is 5.39. The summed E-state index contributed by atoms with van der Waals surface area (Å²) in [5.41, 5.74) is 0. The van der Waals surface area contributed by atoms with Gasteiger partial charge in [-0.15, -0.1) is 16.4 Å². The first-order valence-corrected chi connectivity index (χ1v) is 6.85. The van der Waals surface area contributed by atoms with Crippen molar-refractivity contribution in [1.29, 1.82) is 0 Å². The van der Waals surface area contributed by atoms with Crippen LogP contribution in [-0.4, -0.2) is 26.3 Å². The molecule has 0 bridgehead atoms. The number of aromatic nitrogens is 3. The summed E-state index contributed by atoms with van der Waals surface area (Å²) in [5, 5.41) is 16.4. The van der Waals surface area contributed by atoms with Gasteiger partial charge in [-0.25, -0.2) is 9.78 Å². The van der Waals surface area contributed by atoms with E-state index in [2.05, 4.69) is 15.2 Å². The highest BCUT2D eigenvalue weighted by atomic mass is 32.2. The van der Waals surface area contributed by atoms with Crippen molar-refractivity contribution in [3.63, 3.8) is 0 Å². The third-order valence-electron chi connectivity index (χ3n) is 2.06. The van der Waals surface area contributed by atoms with Crippen molar-refractivity contribution in [3.8, 4) is 0 Å². The smallest absolute Gasteiger partial charge is 0.345 e. The molecular formula is C10H11N3O2S2. The molecule has 0 saturated carbocycles. The summed E-state index contributed by atoms with van der Waals surface area (Å²) >= 11 is 2.79. The summed E-state index contributed by atoms with van der Waals surface area (Å²) in [4.78, 5) is 16.4. The molecule has 0 radical (unpaired) electrons. The van der Waals surface area contributed by atoms with E-state index in [0.29, 0.717) is 15.8 Å². The molecule has 0 aliphatic carbocycles. The van der Waals surface area contributed by atoms with E-state index in [9.17, 15) is 4.79 Å². The van der Waals surface area contributed by atoms with Crippen molar-refractivity contribution in [1.82, 2.24) is 15.2 Å². The van der Waals surface area contributed by atoms with Gasteiger partial charge in [0.1, 0.15) is 10.7 Å². The summed E-state index contributed by atoms with van der Waals surface area (Å²) < 4.78 is 0. The molecule has 0 spiro atoms. The fourth-order valence-electron chi connectivity index (χ4n) is 1.21. The number of rotatable bonds is 5. The fourth-order valence-corrected chi connectivity index (χ4v) is 2.91. The number of thiophene rings is 1. The topological polar surface area (TPSA) is 78.9 Å². The van der Waals surface area contributed by atoms with Crippen LogP contribution in [0.5, 0.6) is 0 Å². The summed E-state index contributed by atoms with van der Waals surface area (Å²) in [7, 11) is 0. The van der Waals surface area contributed by atoms with Gasteiger partial charge in [-0.2, -0.15) is 0 Å². The molecule has 5 nitrogen and oxygen atoms in total. The molecule has 0 atom stereocenters. The van der Waals surface area contributed by atoms with Gasteiger partial charge < -0.3 is 5.11 Å². The Bertz CT molecular complexity index is 521. The zero-order valence-electron chi connectivity index (χ0n) is 9.14. The number of hydrogen-bond acceptors (Lipinski definition) is 5. The van der Waals surface area contributed by atoms with Crippen molar-refractivity contribution in [2.75, 3.05) is 0 Å². The lowest BCUT2D eigenvalue weighted by Gasteiger charge is -1.92. The highest BCUT2D eigenvalue weighted by Crippen LogP contribution is 2.24. The van der Waals surface area contributed by atoms with Gasteiger partial charge in [0.2, 0.25) is 5.16 Å². The second-order valence-electron chi connectivity index (χ2n) is 3.28. The number of aromatic carboxylic acids is 1. The number of carbonyl (C=O) groups is 1. The molecule has 0 aliphatic heterocycles. The Morgan fingerprint density at radius 2 is 2.41 bits per heavy atom. The quantitative estimate of drug-likeness (QED) is 0.815. The van der Waals surface area contributed by atoms with Crippen LogP contribution in [0, 0.1) is 0 Å². The number of thioether (sulfide) groups is 1. The van der Waals surface area contributed by atoms with Crippen LogP contribution in [-0.2, 0) is 12.2 Å². The van der Waals surface area contributed by atoms with Gasteiger partial charge in [-0.05, 0) is 12.1 Å². The third-order valence-corrected chi connectivity index (χ3v) is 4.21. The van der Waals surface area contributed by atoms with Crippen LogP contribution in [0.4, 0.5) is 0 Å². The van der Waals surface area contributed by atoms with Gasteiger partial charge in [0.25, 0.3) is 0 Å². The Morgan fingerprint density at radius 1 is 1.59 bits per heavy atom. The van der Waals surface area contributed by atoms with E-state index in [0.717, 1.165) is 17.1 Å². The third kappa shape index (κ3) is 3.07. The van der Waals surface area contributed by atoms with Gasteiger partial charge in [0.15, 0.2) is 0 Å². The molecule has 2 heterocycles. The maximum Gasteiger partial charge on any atom is 0.345 e. The Labute approximate surface area is 106 Å². The Morgan fingerprint density at radius 3 is 3.00 bits per heavy atom. The molecule has 2 aromatic rings. The van der Waals surface area contributed by atoms with Gasteiger partial charge in [0, 0.05) is 17.1 Å². The first-order chi connectivity index (χ1) is 8.19. The van der Waals surface area contributed by atoms with E-state index < -0.39 is 5.97 Å². The standard InChI is InChI=1S/C10H11N3O2S2/c1-2-8-11-10(13-12-8)16-5-6-3-4-7(17-6)9(14)15/h3-4H,2,5H2,1H3,(H,14,15)(H,11,12,13). The van der Waals surface area contributed by atoms with Crippen LogP contribution in [0.3, 0.4) is 0 Å². The molecule has 7 heteroatoms. The number of nitrogens with one attached hydrogen (secondary N) is 1. The summed E-state index contributed by atoms with van der Waals surface area (Å²) in [6.07, 6.45) is 0.829. The van der Waals surface area contributed by atoms with Crippen molar-refractivity contribution in [2.24, 2.45) is 0 Å². The Hall–Kier alpha value is -1.34. The van der Waals surface area contributed by atoms with E-state index in [4.69, 9.17) is 5.11 Å². The lowest BCUT2D eigenvalue weighted by atomic mass is 10.4. The normalized spacial score (nSPS) is 10.6. The number of nitrogens with zero attached hydrogens (tertiary/aromatic N) is 2. The van der Waals surface area contributed by atoms with Crippen molar-refractivity contribution >= 4 is 29.1 Å². The predicted molar refractivity (Wildman–Crippen MR) is 66.6 cm³/mol. The zero-order valence-corrected chi connectivity index (χ0v) is 10.8. The number of aryl methyl sites for hydroxylation is 1. The first kappa shape index (κ1) is 12.1. The largest absolute Gasteiger partial charge is 0.477 e. The molecule has 2 aromatic heterocycles. The van der Waals surface area contributed by atoms with Gasteiger partial charge in [-0.3, -0.25) is 5.10 Å². The Balaban J connectivity index is 1.94. The molecule has 2 rings (SSSR count). The van der Waals surface area contributed by atoms with E-state index in [1.165, 1.54) is 23.1 Å². The summed E-state index contributed by atoms with van der Waals surface area (Å²) in [6.45, 7) is 2.01. The zero-order chi connectivity index (χ0) is 12.3. The molecule has 0 saturated heterocycles. The van der Waals surface area contributed by atoms with Crippen molar-refractivity contribution < 1.29 is 9.90 Å². The van der Waals surface area contributed by atoms with Crippen molar-refractivity contribution in [2.45, 2.75) is 24.3 Å². The number of aromatic amines is 1. The molecule has 0 amide bonds. The number of carboxylic acid groups (broad SMARTS) is 1. The molecular weight excluding hydrogens is 258 g/mol. The minimum atomic E-state index is -0.877. The molecule has 0 aliphatic rings. The average Bonchev–Trinajstić information content (AvgIpc) is 2.95. The maximum atomic E-state index is 10.7. The lowest BCUT2D eigenvalue weighted by Crippen LogP contribution is -1.89. The van der Waals surface area contributed by atoms with E-state index in [-0.39, 0.29) is 0 Å². The SMILES string of the molecule is CCc1nc(SCc2ccc(C(=O)O)s2)n[nH]1. The average molecular weight is 269 g/mol. The lowest BCUT2D eigenvalue weighted by molar-refractivity contribution is 0.0702. The monoisotopic (exact) mass is 269 g/mol. The summed E-state index contributed by atoms with van der Waals surface area (Å²) in [6, 6.07) is 3.45. The van der Waals surface area contributed by atoms with Gasteiger partial charge >= 0.3 is 5.97 Å². The Kier molecular flexibility index (Phi) is 3.80. The molecule has 90 valence electrons. The van der Waals surface area contributed by atoms with Crippen LogP contribution < -0.4 is 0 Å². The number of carboxylic acids is 1. The van der Waals surface area contributed by atoms with Gasteiger partial charge in [0.05, 0.1) is 0 Å². The van der Waals surface area contributed by atoms with E-state index >= 15 is 0 Å². The molecule has 0 aromatic carbocycles. The number of H-pyrrole nitrogens is 1. The van der Waals surface area contributed by atoms with Crippen LogP contribution >= 0.6 is 23.1 Å². The summed E-state index contributed by atoms with van der Waals surface area (Å²) in [5.74, 6) is 0.682. The van der Waals surface area contributed by atoms with Gasteiger partial charge in [-0.1, -0.05) is 18.7 Å². The van der Waals surface area contributed by atoms with Crippen LogP contribution in [0.2, 0.25) is 0 Å². The van der Waals surface area contributed by atoms with Crippen LogP contribution in [0.25, 0.3) is 0 Å². The molecule has 0 unspecified atom stereocenters. The molecule has 17 heavy (non-hydrogen) atoms. The molecule has 2 N–H and O–H groups in total. The minimum absolute atomic E-state index is 0.366. The maximum absolute atomic E-state index is 10.7. The van der Waals surface area contributed by atoms with Crippen molar-refractivity contribution in [3.05, 3.63) is 27.7 Å². The fraction of sp³-hybridized carbons (Fsp3) is 0.300. The second kappa shape index (κ2) is 5.33. The highest BCUT2D eigenvalue weighted by Gasteiger charge is 2.08. The molecule has 0 fully saturated rings. The van der Waals surface area contributed by atoms with Crippen LogP contribution in [0.15, 0.2) is 17.3 Å². The van der Waals surface area contributed by atoms with E-state index in [1.54, 1.807) is 6.07 Å². The van der Waals surface area contributed by atoms with E-state index in [1.807, 2.05) is 13.0 Å². The van der Waals surface area contributed by atoms with Crippen LogP contribution in [0.1, 0.15) is 27.3 Å². The minimum Gasteiger partial charge on any atom is -0.477 e. The first-order valence-electron chi connectivity index (χ1n) is 5.05. The highest BCUT2D eigenvalue weighted by molar-refractivity contribution is 7.98. The predicted octanol–water partition coefficient (Wildman–Crippen LogP) is 2.42. The number of hydrogen-bond donors (Lipinski definition) is 2.